The van der Waals surface area contributed by atoms with E-state index in [0.29, 0.717) is 22.2 Å². The SMILES string of the molecule is COC(=O)c1c(NC(=O)C(C)Sc2cccc(NC(C)=O)c2)sc2c1CCC(C(C)(C)C)C2. The molecule has 2 aromatic rings. The second kappa shape index (κ2) is 10.3. The molecule has 0 bridgehead atoms. The number of amides is 2. The smallest absolute Gasteiger partial charge is 0.341 e. The van der Waals surface area contributed by atoms with Gasteiger partial charge in [0.15, 0.2) is 0 Å². The number of ether oxygens (including phenoxy) is 1. The van der Waals surface area contributed by atoms with Crippen LogP contribution in [0.1, 0.15) is 61.8 Å². The van der Waals surface area contributed by atoms with Crippen LogP contribution in [0.3, 0.4) is 0 Å². The first-order valence-electron chi connectivity index (χ1n) is 11.1. The molecular weight excluding hydrogens is 456 g/mol. The molecule has 0 saturated heterocycles. The van der Waals surface area contributed by atoms with Crippen LogP contribution >= 0.6 is 23.1 Å². The maximum Gasteiger partial charge on any atom is 0.341 e. The average molecular weight is 489 g/mol. The van der Waals surface area contributed by atoms with Gasteiger partial charge in [0, 0.05) is 22.4 Å². The minimum absolute atomic E-state index is 0.145. The van der Waals surface area contributed by atoms with Crippen LogP contribution in [0.5, 0.6) is 0 Å². The number of fused-ring (bicyclic) bond motifs is 1. The van der Waals surface area contributed by atoms with Gasteiger partial charge < -0.3 is 15.4 Å². The number of hydrogen-bond acceptors (Lipinski definition) is 6. The summed E-state index contributed by atoms with van der Waals surface area (Å²) in [7, 11) is 1.37. The van der Waals surface area contributed by atoms with E-state index in [9.17, 15) is 14.4 Å². The average Bonchev–Trinajstić information content (AvgIpc) is 3.09. The van der Waals surface area contributed by atoms with Gasteiger partial charge in [-0.15, -0.1) is 23.1 Å². The van der Waals surface area contributed by atoms with Crippen molar-refractivity contribution in [3.05, 3.63) is 40.3 Å². The summed E-state index contributed by atoms with van der Waals surface area (Å²) in [6.45, 7) is 10.0. The van der Waals surface area contributed by atoms with Gasteiger partial charge in [0.25, 0.3) is 0 Å². The maximum atomic E-state index is 13.0. The lowest BCUT2D eigenvalue weighted by Gasteiger charge is -2.33. The van der Waals surface area contributed by atoms with Crippen molar-refractivity contribution in [2.45, 2.75) is 64.0 Å². The summed E-state index contributed by atoms with van der Waals surface area (Å²) in [5, 5.41) is 5.92. The highest BCUT2D eigenvalue weighted by Crippen LogP contribution is 2.44. The van der Waals surface area contributed by atoms with Gasteiger partial charge in [-0.3, -0.25) is 9.59 Å². The largest absolute Gasteiger partial charge is 0.465 e. The number of rotatable bonds is 6. The molecule has 1 aromatic carbocycles. The lowest BCUT2D eigenvalue weighted by molar-refractivity contribution is -0.115. The molecule has 1 aliphatic rings. The number of methoxy groups -OCH3 is 1. The van der Waals surface area contributed by atoms with Crippen LogP contribution in [0.2, 0.25) is 0 Å². The van der Waals surface area contributed by atoms with Gasteiger partial charge in [-0.1, -0.05) is 26.8 Å². The van der Waals surface area contributed by atoms with Crippen molar-refractivity contribution in [2.24, 2.45) is 11.3 Å². The van der Waals surface area contributed by atoms with Crippen LogP contribution in [0.25, 0.3) is 0 Å². The molecule has 0 saturated carbocycles. The van der Waals surface area contributed by atoms with E-state index in [1.165, 1.54) is 42.0 Å². The lowest BCUT2D eigenvalue weighted by Crippen LogP contribution is -2.26. The van der Waals surface area contributed by atoms with Crippen LogP contribution in [0, 0.1) is 11.3 Å². The zero-order valence-electron chi connectivity index (χ0n) is 20.0. The highest BCUT2D eigenvalue weighted by molar-refractivity contribution is 8.00. The number of hydrogen-bond donors (Lipinski definition) is 2. The molecule has 1 heterocycles. The number of thioether (sulfide) groups is 1. The monoisotopic (exact) mass is 488 g/mol. The lowest BCUT2D eigenvalue weighted by atomic mass is 9.72. The van der Waals surface area contributed by atoms with Crippen LogP contribution in [-0.4, -0.2) is 30.1 Å². The summed E-state index contributed by atoms with van der Waals surface area (Å²) in [6.07, 6.45) is 2.74. The Morgan fingerprint density at radius 1 is 1.21 bits per heavy atom. The van der Waals surface area contributed by atoms with E-state index >= 15 is 0 Å². The summed E-state index contributed by atoms with van der Waals surface area (Å²) in [5.41, 5.74) is 2.40. The third-order valence-corrected chi connectivity index (χ3v) is 8.22. The minimum atomic E-state index is -0.402. The third kappa shape index (κ3) is 6.18. The molecule has 2 unspecified atom stereocenters. The summed E-state index contributed by atoms with van der Waals surface area (Å²) < 4.78 is 5.05. The van der Waals surface area contributed by atoms with Crippen LogP contribution in [-0.2, 0) is 27.2 Å². The van der Waals surface area contributed by atoms with Crippen molar-refractivity contribution < 1.29 is 19.1 Å². The minimum Gasteiger partial charge on any atom is -0.465 e. The summed E-state index contributed by atoms with van der Waals surface area (Å²) in [5.74, 6) is -0.196. The Morgan fingerprint density at radius 2 is 1.94 bits per heavy atom. The summed E-state index contributed by atoms with van der Waals surface area (Å²) >= 11 is 2.89. The van der Waals surface area contributed by atoms with Gasteiger partial charge in [0.2, 0.25) is 11.8 Å². The number of carbonyl (C=O) groups excluding carboxylic acids is 3. The van der Waals surface area contributed by atoms with Crippen molar-refractivity contribution in [1.29, 1.82) is 0 Å². The summed E-state index contributed by atoms with van der Waals surface area (Å²) in [4.78, 5) is 39.0. The highest BCUT2D eigenvalue weighted by atomic mass is 32.2. The van der Waals surface area contributed by atoms with Gasteiger partial charge >= 0.3 is 5.97 Å². The van der Waals surface area contributed by atoms with Crippen molar-refractivity contribution in [2.75, 3.05) is 17.7 Å². The van der Waals surface area contributed by atoms with Crippen molar-refractivity contribution in [1.82, 2.24) is 0 Å². The molecule has 2 amide bonds. The molecule has 178 valence electrons. The molecule has 2 N–H and O–H groups in total. The van der Waals surface area contributed by atoms with E-state index in [2.05, 4.69) is 31.4 Å². The second-order valence-corrected chi connectivity index (χ2v) is 12.0. The van der Waals surface area contributed by atoms with E-state index in [4.69, 9.17) is 4.74 Å². The molecule has 6 nitrogen and oxygen atoms in total. The van der Waals surface area contributed by atoms with Gasteiger partial charge in [-0.25, -0.2) is 4.79 Å². The maximum absolute atomic E-state index is 13.0. The Labute approximate surface area is 203 Å². The highest BCUT2D eigenvalue weighted by Gasteiger charge is 2.34. The van der Waals surface area contributed by atoms with Gasteiger partial charge in [0.05, 0.1) is 17.9 Å². The van der Waals surface area contributed by atoms with E-state index in [1.54, 1.807) is 6.07 Å². The van der Waals surface area contributed by atoms with Crippen LogP contribution in [0.4, 0.5) is 10.7 Å². The molecule has 8 heteroatoms. The Balaban J connectivity index is 1.78. The number of esters is 1. The molecule has 3 rings (SSSR count). The molecule has 1 aliphatic carbocycles. The third-order valence-electron chi connectivity index (χ3n) is 5.95. The van der Waals surface area contributed by atoms with E-state index < -0.39 is 11.2 Å². The molecule has 33 heavy (non-hydrogen) atoms. The quantitative estimate of drug-likeness (QED) is 0.399. The predicted molar refractivity (Wildman–Crippen MR) is 135 cm³/mol. The fourth-order valence-electron chi connectivity index (χ4n) is 4.05. The molecule has 0 spiro atoms. The molecule has 1 aromatic heterocycles. The molecule has 0 fully saturated rings. The Kier molecular flexibility index (Phi) is 7.90. The summed E-state index contributed by atoms with van der Waals surface area (Å²) in [6, 6.07) is 7.38. The predicted octanol–water partition coefficient (Wildman–Crippen LogP) is 5.76. The van der Waals surface area contributed by atoms with E-state index in [1.807, 2.05) is 25.1 Å². The zero-order valence-corrected chi connectivity index (χ0v) is 21.7. The first kappa shape index (κ1) is 25.3. The fraction of sp³-hybridized carbons (Fsp3) is 0.480. The van der Waals surface area contributed by atoms with Crippen molar-refractivity contribution in [3.63, 3.8) is 0 Å². The van der Waals surface area contributed by atoms with Gasteiger partial charge in [-0.05, 0) is 61.3 Å². The van der Waals surface area contributed by atoms with Crippen molar-refractivity contribution in [3.8, 4) is 0 Å². The number of nitrogens with one attached hydrogen (secondary N) is 2. The Bertz CT molecular complexity index is 1060. The number of benzene rings is 1. The number of thiophene rings is 1. The van der Waals surface area contributed by atoms with Gasteiger partial charge in [-0.2, -0.15) is 0 Å². The topological polar surface area (TPSA) is 84.5 Å². The number of carbonyl (C=O) groups is 3. The molecule has 2 atom stereocenters. The van der Waals surface area contributed by atoms with Crippen LogP contribution in [0.15, 0.2) is 29.2 Å². The molecule has 0 aliphatic heterocycles. The van der Waals surface area contributed by atoms with Gasteiger partial charge in [0.1, 0.15) is 5.00 Å². The number of anilines is 2. The molecule has 0 radical (unpaired) electrons. The fourth-order valence-corrected chi connectivity index (χ4v) is 6.30. The van der Waals surface area contributed by atoms with E-state index in [-0.39, 0.29) is 17.2 Å². The Morgan fingerprint density at radius 3 is 2.58 bits per heavy atom. The van der Waals surface area contributed by atoms with Crippen LogP contribution < -0.4 is 10.6 Å². The molecular formula is C25H32N2O4S2. The first-order valence-corrected chi connectivity index (χ1v) is 12.8. The normalized spacial score (nSPS) is 16.5. The Hall–Kier alpha value is -2.32. The van der Waals surface area contributed by atoms with Crippen molar-refractivity contribution >= 4 is 51.6 Å². The standard InChI is InChI=1S/C25H32N2O4S2/c1-14(32-18-9-7-8-17(13-18)26-15(2)28)22(29)27-23-21(24(30)31-6)19-11-10-16(25(3,4)5)12-20(19)33-23/h7-9,13-14,16H,10-12H2,1-6H3,(H,26,28)(H,27,29). The van der Waals surface area contributed by atoms with E-state index in [0.717, 1.165) is 29.7 Å². The zero-order chi connectivity index (χ0) is 24.3. The second-order valence-electron chi connectivity index (χ2n) is 9.46. The first-order chi connectivity index (χ1) is 15.5.